The van der Waals surface area contributed by atoms with Gasteiger partial charge < -0.3 is 4.40 Å². The van der Waals surface area contributed by atoms with E-state index in [0.717, 1.165) is 5.65 Å². The minimum absolute atomic E-state index is 0.665. The molecule has 0 aromatic carbocycles. The molecule has 0 saturated heterocycles. The van der Waals surface area contributed by atoms with Gasteiger partial charge in [-0.05, 0) is 60.2 Å². The third-order valence-electron chi connectivity index (χ3n) is 3.88. The summed E-state index contributed by atoms with van der Waals surface area (Å²) in [6.45, 7) is 4.39. The maximum absolute atomic E-state index is 4.85. The van der Waals surface area contributed by atoms with Crippen LogP contribution in [0, 0.1) is 6.92 Å². The molecule has 0 spiro atoms. The zero-order valence-corrected chi connectivity index (χ0v) is 11.9. The fraction of sp³-hybridized carbons (Fsp3) is 0.500. The van der Waals surface area contributed by atoms with E-state index in [-0.39, 0.29) is 0 Å². The molecule has 1 aliphatic carbocycles. The largest absolute Gasteiger partial charge is 0.303 e. The van der Waals surface area contributed by atoms with Crippen LogP contribution in [0.25, 0.3) is 5.65 Å². The van der Waals surface area contributed by atoms with Crippen molar-refractivity contribution in [3.63, 3.8) is 0 Å². The van der Waals surface area contributed by atoms with Crippen molar-refractivity contribution in [2.24, 2.45) is 0 Å². The van der Waals surface area contributed by atoms with Gasteiger partial charge >= 0.3 is 0 Å². The van der Waals surface area contributed by atoms with Crippen molar-refractivity contribution in [1.29, 1.82) is 0 Å². The van der Waals surface area contributed by atoms with Crippen LogP contribution in [0.5, 0.6) is 0 Å². The SMILES string of the molecule is CCC1CCCc2c1nc1cc(C)c(Br)cn21. The van der Waals surface area contributed by atoms with Gasteiger partial charge in [-0.3, -0.25) is 0 Å². The molecule has 1 aliphatic rings. The molecule has 2 nitrogen and oxygen atoms in total. The number of imidazole rings is 1. The lowest BCUT2D eigenvalue weighted by Crippen LogP contribution is -2.09. The van der Waals surface area contributed by atoms with Gasteiger partial charge in [-0.2, -0.15) is 0 Å². The van der Waals surface area contributed by atoms with E-state index < -0.39 is 0 Å². The Morgan fingerprint density at radius 3 is 3.12 bits per heavy atom. The summed E-state index contributed by atoms with van der Waals surface area (Å²) in [5.74, 6) is 0.665. The fourth-order valence-electron chi connectivity index (χ4n) is 2.85. The van der Waals surface area contributed by atoms with Gasteiger partial charge in [0.15, 0.2) is 0 Å². The number of hydrogen-bond acceptors (Lipinski definition) is 1. The van der Waals surface area contributed by atoms with E-state index in [1.54, 1.807) is 0 Å². The van der Waals surface area contributed by atoms with Crippen LogP contribution in [0.1, 0.15) is 49.1 Å². The van der Waals surface area contributed by atoms with E-state index in [0.29, 0.717) is 5.92 Å². The van der Waals surface area contributed by atoms with Gasteiger partial charge in [0.2, 0.25) is 0 Å². The number of aromatic nitrogens is 2. The second kappa shape index (κ2) is 4.13. The number of pyridine rings is 1. The lowest BCUT2D eigenvalue weighted by molar-refractivity contribution is 0.523. The second-order valence-electron chi connectivity index (χ2n) is 4.97. The summed E-state index contributed by atoms with van der Waals surface area (Å²) in [6, 6.07) is 2.18. The summed E-state index contributed by atoms with van der Waals surface area (Å²) < 4.78 is 3.44. The Morgan fingerprint density at radius 1 is 1.53 bits per heavy atom. The third kappa shape index (κ3) is 1.71. The third-order valence-corrected chi connectivity index (χ3v) is 4.71. The van der Waals surface area contributed by atoms with Crippen molar-refractivity contribution in [3.05, 3.63) is 33.7 Å². The number of aryl methyl sites for hydroxylation is 2. The Kier molecular flexibility index (Phi) is 2.74. The first-order chi connectivity index (χ1) is 8.20. The van der Waals surface area contributed by atoms with E-state index >= 15 is 0 Å². The zero-order chi connectivity index (χ0) is 12.0. The Hall–Kier alpha value is -0.830. The Labute approximate surface area is 110 Å². The summed E-state index contributed by atoms with van der Waals surface area (Å²) in [6.07, 6.45) is 7.15. The van der Waals surface area contributed by atoms with Crippen LogP contribution >= 0.6 is 15.9 Å². The first-order valence-corrected chi connectivity index (χ1v) is 7.17. The van der Waals surface area contributed by atoms with Crippen molar-refractivity contribution in [2.75, 3.05) is 0 Å². The van der Waals surface area contributed by atoms with E-state index in [4.69, 9.17) is 4.98 Å². The number of nitrogens with zero attached hydrogens (tertiary/aromatic N) is 2. The molecule has 0 aliphatic heterocycles. The molecule has 1 atom stereocenters. The molecular weight excluding hydrogens is 276 g/mol. The molecule has 0 bridgehead atoms. The minimum atomic E-state index is 0.665. The van der Waals surface area contributed by atoms with Crippen LogP contribution in [-0.2, 0) is 6.42 Å². The molecule has 0 amide bonds. The summed E-state index contributed by atoms with van der Waals surface area (Å²) in [5, 5.41) is 0. The highest BCUT2D eigenvalue weighted by Gasteiger charge is 2.24. The number of hydrogen-bond donors (Lipinski definition) is 0. The smallest absolute Gasteiger partial charge is 0.137 e. The molecule has 17 heavy (non-hydrogen) atoms. The van der Waals surface area contributed by atoms with Crippen molar-refractivity contribution in [2.45, 2.75) is 45.4 Å². The average Bonchev–Trinajstić information content (AvgIpc) is 2.67. The van der Waals surface area contributed by atoms with E-state index in [1.165, 1.54) is 47.1 Å². The van der Waals surface area contributed by atoms with Crippen LogP contribution in [0.15, 0.2) is 16.7 Å². The molecule has 2 aromatic heterocycles. The average molecular weight is 293 g/mol. The quantitative estimate of drug-likeness (QED) is 0.769. The predicted molar refractivity (Wildman–Crippen MR) is 73.6 cm³/mol. The van der Waals surface area contributed by atoms with Crippen LogP contribution in [0.3, 0.4) is 0 Å². The van der Waals surface area contributed by atoms with Crippen molar-refractivity contribution < 1.29 is 0 Å². The van der Waals surface area contributed by atoms with Gasteiger partial charge in [-0.15, -0.1) is 0 Å². The summed E-state index contributed by atoms with van der Waals surface area (Å²) >= 11 is 3.61. The molecule has 2 heterocycles. The van der Waals surface area contributed by atoms with E-state index in [9.17, 15) is 0 Å². The molecule has 3 heteroatoms. The highest BCUT2D eigenvalue weighted by molar-refractivity contribution is 9.10. The highest BCUT2D eigenvalue weighted by Crippen LogP contribution is 2.34. The van der Waals surface area contributed by atoms with Crippen molar-refractivity contribution in [3.8, 4) is 0 Å². The van der Waals surface area contributed by atoms with E-state index in [2.05, 4.69) is 46.4 Å². The Morgan fingerprint density at radius 2 is 2.35 bits per heavy atom. The maximum Gasteiger partial charge on any atom is 0.137 e. The first kappa shape index (κ1) is 11.3. The maximum atomic E-state index is 4.85. The Bertz CT molecular complexity index is 571. The standard InChI is InChI=1S/C14H17BrN2/c1-3-10-5-4-6-12-14(10)16-13-7-9(2)11(15)8-17(12)13/h7-8,10H,3-6H2,1-2H3. The van der Waals surface area contributed by atoms with Crippen LogP contribution in [0.4, 0.5) is 0 Å². The summed E-state index contributed by atoms with van der Waals surface area (Å²) in [4.78, 5) is 4.85. The molecule has 3 rings (SSSR count). The van der Waals surface area contributed by atoms with Gasteiger partial charge in [-0.25, -0.2) is 4.98 Å². The van der Waals surface area contributed by atoms with Crippen LogP contribution in [-0.4, -0.2) is 9.38 Å². The van der Waals surface area contributed by atoms with Gasteiger partial charge in [0, 0.05) is 22.3 Å². The number of halogens is 1. The number of fused-ring (bicyclic) bond motifs is 3. The van der Waals surface area contributed by atoms with Gasteiger partial charge in [-0.1, -0.05) is 6.92 Å². The molecule has 0 saturated carbocycles. The minimum Gasteiger partial charge on any atom is -0.303 e. The molecule has 2 aromatic rings. The topological polar surface area (TPSA) is 17.3 Å². The molecule has 0 radical (unpaired) electrons. The van der Waals surface area contributed by atoms with Crippen molar-refractivity contribution >= 4 is 21.6 Å². The fourth-order valence-corrected chi connectivity index (χ4v) is 3.17. The normalized spacial score (nSPS) is 19.6. The summed E-state index contributed by atoms with van der Waals surface area (Å²) in [5.41, 5.74) is 5.14. The zero-order valence-electron chi connectivity index (χ0n) is 10.3. The number of rotatable bonds is 1. The first-order valence-electron chi connectivity index (χ1n) is 6.37. The highest BCUT2D eigenvalue weighted by atomic mass is 79.9. The van der Waals surface area contributed by atoms with Gasteiger partial charge in [0.25, 0.3) is 0 Å². The molecule has 1 unspecified atom stereocenters. The van der Waals surface area contributed by atoms with Crippen LogP contribution in [0.2, 0.25) is 0 Å². The second-order valence-corrected chi connectivity index (χ2v) is 5.83. The Balaban J connectivity index is 2.26. The lowest BCUT2D eigenvalue weighted by Gasteiger charge is -2.19. The lowest BCUT2D eigenvalue weighted by atomic mass is 9.88. The predicted octanol–water partition coefficient (Wildman–Crippen LogP) is 4.24. The van der Waals surface area contributed by atoms with Crippen LogP contribution < -0.4 is 0 Å². The molecule has 0 fully saturated rings. The van der Waals surface area contributed by atoms with E-state index in [1.807, 2.05) is 0 Å². The monoisotopic (exact) mass is 292 g/mol. The van der Waals surface area contributed by atoms with Gasteiger partial charge in [0.1, 0.15) is 5.65 Å². The molecule has 90 valence electrons. The van der Waals surface area contributed by atoms with Gasteiger partial charge in [0.05, 0.1) is 5.69 Å². The summed E-state index contributed by atoms with van der Waals surface area (Å²) in [7, 11) is 0. The van der Waals surface area contributed by atoms with Crippen molar-refractivity contribution in [1.82, 2.24) is 9.38 Å². The molecular formula is C14H17BrN2. The molecule has 0 N–H and O–H groups in total.